The Morgan fingerprint density at radius 3 is 2.59 bits per heavy atom. The molecule has 1 saturated heterocycles. The fourth-order valence-corrected chi connectivity index (χ4v) is 2.43. The smallest absolute Gasteiger partial charge is 0.123 e. The van der Waals surface area contributed by atoms with E-state index in [9.17, 15) is 9.50 Å². The molecule has 0 saturated carbocycles. The molecule has 0 radical (unpaired) electrons. The summed E-state index contributed by atoms with van der Waals surface area (Å²) in [6.45, 7) is 3.76. The number of rotatable bonds is 3. The second-order valence-electron chi connectivity index (χ2n) is 5.02. The van der Waals surface area contributed by atoms with Gasteiger partial charge in [0.25, 0.3) is 0 Å². The summed E-state index contributed by atoms with van der Waals surface area (Å²) < 4.78 is 12.9. The first-order valence-corrected chi connectivity index (χ1v) is 5.94. The molecule has 0 spiro atoms. The molecule has 2 atom stereocenters. The minimum absolute atomic E-state index is 0.0598. The highest BCUT2D eigenvalue weighted by Crippen LogP contribution is 2.29. The topological polar surface area (TPSA) is 49.5 Å². The molecule has 1 aromatic carbocycles. The van der Waals surface area contributed by atoms with E-state index in [1.807, 2.05) is 6.92 Å². The van der Waals surface area contributed by atoms with E-state index >= 15 is 0 Å². The summed E-state index contributed by atoms with van der Waals surface area (Å²) in [4.78, 5) is 2.16. The first-order chi connectivity index (χ1) is 8.02. The first kappa shape index (κ1) is 12.5. The highest BCUT2D eigenvalue weighted by atomic mass is 19.1. The zero-order valence-corrected chi connectivity index (χ0v) is 10.1. The third kappa shape index (κ3) is 2.83. The molecule has 3 N–H and O–H groups in total. The second kappa shape index (κ2) is 4.72. The van der Waals surface area contributed by atoms with Crippen molar-refractivity contribution in [3.8, 4) is 0 Å². The number of β-amino-alcohol motifs (C(OH)–C–C–N with tert-alkyl or cyclic N) is 1. The maximum absolute atomic E-state index is 12.9. The zero-order valence-electron chi connectivity index (χ0n) is 10.1. The summed E-state index contributed by atoms with van der Waals surface area (Å²) >= 11 is 0. The Balaban J connectivity index is 2.14. The van der Waals surface area contributed by atoms with Gasteiger partial charge in [-0.3, -0.25) is 4.90 Å². The molecule has 1 aliphatic rings. The summed E-state index contributed by atoms with van der Waals surface area (Å²) in [5.74, 6) is -0.238. The number of halogens is 1. The van der Waals surface area contributed by atoms with Crippen LogP contribution in [-0.4, -0.2) is 35.2 Å². The van der Waals surface area contributed by atoms with Crippen molar-refractivity contribution in [3.05, 3.63) is 35.6 Å². The lowest BCUT2D eigenvalue weighted by Crippen LogP contribution is -2.35. The number of hydrogen-bond acceptors (Lipinski definition) is 3. The molecular weight excluding hydrogens is 219 g/mol. The third-order valence-corrected chi connectivity index (χ3v) is 3.40. The molecule has 0 aliphatic carbocycles. The van der Waals surface area contributed by atoms with Crippen LogP contribution >= 0.6 is 0 Å². The maximum Gasteiger partial charge on any atom is 0.123 e. The maximum atomic E-state index is 12.9. The summed E-state index contributed by atoms with van der Waals surface area (Å²) in [7, 11) is 0. The lowest BCUT2D eigenvalue weighted by atomic mass is 10.0. The van der Waals surface area contributed by atoms with Gasteiger partial charge < -0.3 is 10.8 Å². The van der Waals surface area contributed by atoms with Gasteiger partial charge in [0.1, 0.15) is 5.82 Å². The monoisotopic (exact) mass is 238 g/mol. The van der Waals surface area contributed by atoms with Crippen molar-refractivity contribution in [2.24, 2.45) is 5.73 Å². The van der Waals surface area contributed by atoms with E-state index in [4.69, 9.17) is 5.73 Å². The summed E-state index contributed by atoms with van der Waals surface area (Å²) in [5, 5.41) is 9.96. The van der Waals surface area contributed by atoms with Gasteiger partial charge in [0.15, 0.2) is 0 Å². The molecule has 1 aliphatic heterocycles. The predicted octanol–water partition coefficient (Wildman–Crippen LogP) is 1.28. The van der Waals surface area contributed by atoms with Gasteiger partial charge in [-0.1, -0.05) is 12.1 Å². The zero-order chi connectivity index (χ0) is 12.5. The quantitative estimate of drug-likeness (QED) is 0.834. The van der Waals surface area contributed by atoms with Gasteiger partial charge in [-0.05, 0) is 31.0 Å². The molecule has 2 unspecified atom stereocenters. The number of likely N-dealkylation sites (tertiary alicyclic amines) is 1. The Morgan fingerprint density at radius 1 is 1.47 bits per heavy atom. The number of hydrogen-bond donors (Lipinski definition) is 2. The molecule has 0 amide bonds. The number of nitrogens with two attached hydrogens (primary N) is 1. The van der Waals surface area contributed by atoms with Crippen molar-refractivity contribution >= 4 is 0 Å². The van der Waals surface area contributed by atoms with Crippen LogP contribution in [0.1, 0.15) is 24.9 Å². The van der Waals surface area contributed by atoms with Crippen LogP contribution in [0.25, 0.3) is 0 Å². The lowest BCUT2D eigenvalue weighted by Gasteiger charge is -2.28. The van der Waals surface area contributed by atoms with Crippen molar-refractivity contribution in [3.63, 3.8) is 0 Å². The summed E-state index contributed by atoms with van der Waals surface area (Å²) in [5.41, 5.74) is 6.17. The van der Waals surface area contributed by atoms with Crippen molar-refractivity contribution in [1.29, 1.82) is 0 Å². The number of benzene rings is 1. The minimum atomic E-state index is -0.631. The normalized spacial score (nSPS) is 27.3. The van der Waals surface area contributed by atoms with E-state index < -0.39 is 5.60 Å². The standard InChI is InChI=1S/C13H19FN2O/c1-13(17)6-7-16(9-13)12(8-15)10-2-4-11(14)5-3-10/h2-5,12,17H,6-9,15H2,1H3. The molecule has 4 heteroatoms. The molecule has 0 aromatic heterocycles. The highest BCUT2D eigenvalue weighted by molar-refractivity contribution is 5.21. The van der Waals surface area contributed by atoms with Crippen molar-refractivity contribution in [2.45, 2.75) is 25.0 Å². The van der Waals surface area contributed by atoms with Gasteiger partial charge >= 0.3 is 0 Å². The van der Waals surface area contributed by atoms with Gasteiger partial charge in [-0.15, -0.1) is 0 Å². The third-order valence-electron chi connectivity index (χ3n) is 3.40. The molecule has 0 bridgehead atoms. The van der Waals surface area contributed by atoms with Crippen LogP contribution < -0.4 is 5.73 Å². The van der Waals surface area contributed by atoms with Crippen molar-refractivity contribution in [2.75, 3.05) is 19.6 Å². The minimum Gasteiger partial charge on any atom is -0.389 e. The molecule has 2 rings (SSSR count). The Labute approximate surface area is 101 Å². The Hall–Kier alpha value is -0.970. The van der Waals surface area contributed by atoms with Gasteiger partial charge in [0.05, 0.1) is 5.60 Å². The fraction of sp³-hybridized carbons (Fsp3) is 0.538. The van der Waals surface area contributed by atoms with Gasteiger partial charge in [0, 0.05) is 25.7 Å². The number of nitrogens with zero attached hydrogens (tertiary/aromatic N) is 1. The van der Waals surface area contributed by atoms with Gasteiger partial charge in [-0.25, -0.2) is 4.39 Å². The fourth-order valence-electron chi connectivity index (χ4n) is 2.43. The van der Waals surface area contributed by atoms with E-state index in [0.29, 0.717) is 13.1 Å². The molecule has 1 fully saturated rings. The molecule has 1 heterocycles. The van der Waals surface area contributed by atoms with Crippen LogP contribution in [0.3, 0.4) is 0 Å². The van der Waals surface area contributed by atoms with E-state index in [-0.39, 0.29) is 11.9 Å². The first-order valence-electron chi connectivity index (χ1n) is 5.94. The lowest BCUT2D eigenvalue weighted by molar-refractivity contribution is 0.0626. The van der Waals surface area contributed by atoms with E-state index in [0.717, 1.165) is 18.5 Å². The Bertz CT molecular complexity index is 378. The molecule has 1 aromatic rings. The van der Waals surface area contributed by atoms with Crippen molar-refractivity contribution < 1.29 is 9.50 Å². The summed E-state index contributed by atoms with van der Waals surface area (Å²) in [6, 6.07) is 6.49. The largest absolute Gasteiger partial charge is 0.389 e. The Kier molecular flexibility index (Phi) is 3.47. The second-order valence-corrected chi connectivity index (χ2v) is 5.02. The number of aliphatic hydroxyl groups is 1. The molecular formula is C13H19FN2O. The van der Waals surface area contributed by atoms with Crippen LogP contribution in [0, 0.1) is 5.82 Å². The predicted molar refractivity (Wildman–Crippen MR) is 65.0 cm³/mol. The van der Waals surface area contributed by atoms with Crippen LogP contribution in [0.5, 0.6) is 0 Å². The summed E-state index contributed by atoms with van der Waals surface area (Å²) in [6.07, 6.45) is 0.755. The van der Waals surface area contributed by atoms with E-state index in [1.54, 1.807) is 12.1 Å². The average Bonchev–Trinajstić information content (AvgIpc) is 2.63. The molecule has 94 valence electrons. The van der Waals surface area contributed by atoms with Gasteiger partial charge in [0.2, 0.25) is 0 Å². The Morgan fingerprint density at radius 2 is 2.12 bits per heavy atom. The SMILES string of the molecule is CC1(O)CCN(C(CN)c2ccc(F)cc2)C1. The highest BCUT2D eigenvalue weighted by Gasteiger charge is 2.34. The van der Waals surface area contributed by atoms with Crippen LogP contribution in [-0.2, 0) is 0 Å². The molecule has 3 nitrogen and oxygen atoms in total. The van der Waals surface area contributed by atoms with E-state index in [1.165, 1.54) is 12.1 Å². The molecule has 17 heavy (non-hydrogen) atoms. The van der Waals surface area contributed by atoms with Crippen LogP contribution in [0.4, 0.5) is 4.39 Å². The van der Waals surface area contributed by atoms with Crippen LogP contribution in [0.15, 0.2) is 24.3 Å². The van der Waals surface area contributed by atoms with E-state index in [2.05, 4.69) is 4.90 Å². The average molecular weight is 238 g/mol. The van der Waals surface area contributed by atoms with Gasteiger partial charge in [-0.2, -0.15) is 0 Å². The van der Waals surface area contributed by atoms with Crippen molar-refractivity contribution in [1.82, 2.24) is 4.90 Å². The van der Waals surface area contributed by atoms with Crippen LogP contribution in [0.2, 0.25) is 0 Å².